The number of amidine groups is 1. The van der Waals surface area contributed by atoms with Crippen LogP contribution in [-0.2, 0) is 10.0 Å². The van der Waals surface area contributed by atoms with Crippen molar-refractivity contribution in [2.45, 2.75) is 4.90 Å². The Hall–Kier alpha value is -1.18. The molecule has 0 bridgehead atoms. The van der Waals surface area contributed by atoms with Crippen LogP contribution in [0.4, 0.5) is 10.1 Å². The Morgan fingerprint density at radius 1 is 1.59 bits per heavy atom. The molecule has 0 radical (unpaired) electrons. The third kappa shape index (κ3) is 3.39. The van der Waals surface area contributed by atoms with Gasteiger partial charge in [0.2, 0.25) is 10.0 Å². The molecule has 0 heterocycles. The maximum atomic E-state index is 13.3. The summed E-state index contributed by atoms with van der Waals surface area (Å²) in [7, 11) is -2.67. The summed E-state index contributed by atoms with van der Waals surface area (Å²) in [5.41, 5.74) is 5.61. The van der Waals surface area contributed by atoms with Gasteiger partial charge in [0, 0.05) is 0 Å². The first kappa shape index (κ1) is 13.9. The van der Waals surface area contributed by atoms with E-state index in [1.165, 1.54) is 13.1 Å². The first-order chi connectivity index (χ1) is 7.90. The van der Waals surface area contributed by atoms with Crippen LogP contribution >= 0.6 is 11.6 Å². The van der Waals surface area contributed by atoms with E-state index in [1.807, 2.05) is 4.72 Å². The van der Waals surface area contributed by atoms with E-state index >= 15 is 0 Å². The van der Waals surface area contributed by atoms with Gasteiger partial charge in [0.1, 0.15) is 16.5 Å². The summed E-state index contributed by atoms with van der Waals surface area (Å²) in [4.78, 5) is 3.35. The van der Waals surface area contributed by atoms with Crippen LogP contribution in [0, 0.1) is 5.82 Å². The quantitative estimate of drug-likeness (QED) is 0.489. The number of sulfonamides is 1. The fourth-order valence-electron chi connectivity index (χ4n) is 1.07. The van der Waals surface area contributed by atoms with Gasteiger partial charge in [0.25, 0.3) is 0 Å². The molecule has 1 aromatic rings. The molecule has 0 spiro atoms. The van der Waals surface area contributed by atoms with Crippen molar-refractivity contribution in [3.63, 3.8) is 0 Å². The zero-order valence-corrected chi connectivity index (χ0v) is 10.5. The molecule has 0 aliphatic rings. The van der Waals surface area contributed by atoms with Gasteiger partial charge in [-0.15, -0.1) is 11.6 Å². The van der Waals surface area contributed by atoms with Crippen LogP contribution in [0.1, 0.15) is 0 Å². The molecule has 5 nitrogen and oxygen atoms in total. The van der Waals surface area contributed by atoms with Gasteiger partial charge in [0.05, 0.1) is 11.6 Å². The van der Waals surface area contributed by atoms with Crippen molar-refractivity contribution in [3.8, 4) is 0 Å². The molecule has 3 N–H and O–H groups in total. The van der Waals surface area contributed by atoms with Gasteiger partial charge >= 0.3 is 0 Å². The number of hydrogen-bond acceptors (Lipinski definition) is 3. The number of aliphatic imine (C=N–C) groups is 1. The van der Waals surface area contributed by atoms with E-state index in [-0.39, 0.29) is 17.4 Å². The van der Waals surface area contributed by atoms with Crippen LogP contribution in [0.5, 0.6) is 0 Å². The van der Waals surface area contributed by atoms with Gasteiger partial charge < -0.3 is 5.73 Å². The van der Waals surface area contributed by atoms with E-state index in [0.29, 0.717) is 0 Å². The second kappa shape index (κ2) is 5.44. The van der Waals surface area contributed by atoms with E-state index in [2.05, 4.69) is 4.99 Å². The Morgan fingerprint density at radius 3 is 2.76 bits per heavy atom. The van der Waals surface area contributed by atoms with Gasteiger partial charge in [-0.05, 0) is 25.2 Å². The van der Waals surface area contributed by atoms with Gasteiger partial charge in [-0.3, -0.25) is 0 Å². The van der Waals surface area contributed by atoms with Crippen molar-refractivity contribution in [1.82, 2.24) is 4.72 Å². The van der Waals surface area contributed by atoms with Crippen molar-refractivity contribution in [3.05, 3.63) is 24.0 Å². The van der Waals surface area contributed by atoms with E-state index < -0.39 is 20.7 Å². The normalized spacial score (nSPS) is 12.8. The molecule has 0 atom stereocenters. The predicted octanol–water partition coefficient (Wildman–Crippen LogP) is 0.961. The van der Waals surface area contributed by atoms with Crippen molar-refractivity contribution >= 4 is 33.1 Å². The molecule has 0 fully saturated rings. The molecule has 0 aliphatic carbocycles. The minimum atomic E-state index is -3.86. The summed E-state index contributed by atoms with van der Waals surface area (Å²) in [5.74, 6) is -0.736. The lowest BCUT2D eigenvalue weighted by Gasteiger charge is -2.05. The van der Waals surface area contributed by atoms with E-state index in [4.69, 9.17) is 17.3 Å². The van der Waals surface area contributed by atoms with Crippen LogP contribution in [0.3, 0.4) is 0 Å². The Bertz CT molecular complexity index is 545. The van der Waals surface area contributed by atoms with Crippen LogP contribution in [0.15, 0.2) is 28.1 Å². The second-order valence-corrected chi connectivity index (χ2v) is 5.18. The number of nitrogens with zero attached hydrogens (tertiary/aromatic N) is 1. The smallest absolute Gasteiger partial charge is 0.243 e. The van der Waals surface area contributed by atoms with Gasteiger partial charge in [-0.25, -0.2) is 22.5 Å². The topological polar surface area (TPSA) is 84.5 Å². The standard InChI is InChI=1S/C9H11ClFN3O2S/c1-13-17(15,16)8-4-6(2-3-7(8)11)14-9(12)5-10/h2-4,13H,5H2,1H3,(H2,12,14). The predicted molar refractivity (Wildman–Crippen MR) is 64.6 cm³/mol. The number of benzene rings is 1. The van der Waals surface area contributed by atoms with Crippen molar-refractivity contribution in [1.29, 1.82) is 0 Å². The van der Waals surface area contributed by atoms with Crippen LogP contribution in [0.2, 0.25) is 0 Å². The highest BCUT2D eigenvalue weighted by Crippen LogP contribution is 2.21. The molecule has 0 amide bonds. The number of nitrogens with one attached hydrogen (secondary N) is 1. The van der Waals surface area contributed by atoms with E-state index in [9.17, 15) is 12.8 Å². The summed E-state index contributed by atoms with van der Waals surface area (Å²) in [6.07, 6.45) is 0. The summed E-state index contributed by atoms with van der Waals surface area (Å²) in [6.45, 7) is 0. The summed E-state index contributed by atoms with van der Waals surface area (Å²) < 4.78 is 38.3. The molecule has 94 valence electrons. The zero-order chi connectivity index (χ0) is 13.1. The van der Waals surface area contributed by atoms with Crippen molar-refractivity contribution in [2.75, 3.05) is 12.9 Å². The fourth-order valence-corrected chi connectivity index (χ4v) is 1.95. The van der Waals surface area contributed by atoms with Crippen molar-refractivity contribution < 1.29 is 12.8 Å². The molecule has 0 aromatic heterocycles. The number of halogens is 2. The highest BCUT2D eigenvalue weighted by Gasteiger charge is 2.17. The highest BCUT2D eigenvalue weighted by atomic mass is 35.5. The first-order valence-corrected chi connectivity index (χ1v) is 6.54. The maximum Gasteiger partial charge on any atom is 0.243 e. The van der Waals surface area contributed by atoms with E-state index in [1.54, 1.807) is 0 Å². The largest absolute Gasteiger partial charge is 0.386 e. The van der Waals surface area contributed by atoms with Gasteiger partial charge in [-0.2, -0.15) is 0 Å². The van der Waals surface area contributed by atoms with E-state index in [0.717, 1.165) is 12.1 Å². The average Bonchev–Trinajstić information content (AvgIpc) is 2.31. The Balaban J connectivity index is 3.30. The monoisotopic (exact) mass is 279 g/mol. The Kier molecular flexibility index (Phi) is 4.44. The van der Waals surface area contributed by atoms with Crippen LogP contribution < -0.4 is 10.5 Å². The maximum absolute atomic E-state index is 13.3. The third-order valence-electron chi connectivity index (χ3n) is 1.88. The van der Waals surface area contributed by atoms with Gasteiger partial charge in [-0.1, -0.05) is 0 Å². The Labute approximate surface area is 104 Å². The molecule has 0 unspecified atom stereocenters. The SMILES string of the molecule is CNS(=O)(=O)c1cc(N=C(N)CCl)ccc1F. The first-order valence-electron chi connectivity index (χ1n) is 4.53. The lowest BCUT2D eigenvalue weighted by Crippen LogP contribution is -2.19. The summed E-state index contributed by atoms with van der Waals surface area (Å²) in [5, 5.41) is 0. The molecule has 0 saturated carbocycles. The zero-order valence-electron chi connectivity index (χ0n) is 8.94. The number of rotatable bonds is 4. The molecule has 0 saturated heterocycles. The summed E-state index contributed by atoms with van der Waals surface area (Å²) >= 11 is 5.43. The molecule has 0 aliphatic heterocycles. The lowest BCUT2D eigenvalue weighted by atomic mass is 10.3. The van der Waals surface area contributed by atoms with Crippen LogP contribution in [0.25, 0.3) is 0 Å². The number of hydrogen-bond donors (Lipinski definition) is 2. The third-order valence-corrected chi connectivity index (χ3v) is 3.59. The molecule has 1 aromatic carbocycles. The van der Waals surface area contributed by atoms with Gasteiger partial charge in [0.15, 0.2) is 0 Å². The molecule has 1 rings (SSSR count). The number of nitrogens with two attached hydrogens (primary N) is 1. The van der Waals surface area contributed by atoms with Crippen LogP contribution in [-0.4, -0.2) is 27.2 Å². The average molecular weight is 280 g/mol. The number of alkyl halides is 1. The second-order valence-electron chi connectivity index (χ2n) is 3.06. The Morgan fingerprint density at radius 2 is 2.24 bits per heavy atom. The molecular formula is C9H11ClFN3O2S. The fraction of sp³-hybridized carbons (Fsp3) is 0.222. The molecule has 8 heteroatoms. The highest BCUT2D eigenvalue weighted by molar-refractivity contribution is 7.89. The summed E-state index contributed by atoms with van der Waals surface area (Å²) in [6, 6.07) is 3.40. The van der Waals surface area contributed by atoms with Crippen molar-refractivity contribution in [2.24, 2.45) is 10.7 Å². The molecular weight excluding hydrogens is 269 g/mol. The minimum absolute atomic E-state index is 0.00544. The lowest BCUT2D eigenvalue weighted by molar-refractivity contribution is 0.561. The minimum Gasteiger partial charge on any atom is -0.386 e. The molecule has 17 heavy (non-hydrogen) atoms.